The van der Waals surface area contributed by atoms with Crippen LogP contribution < -0.4 is 9.46 Å². The molecular formula is C26H23NO5S. The van der Waals surface area contributed by atoms with Crippen LogP contribution in [0.4, 0.5) is 0 Å². The van der Waals surface area contributed by atoms with Gasteiger partial charge in [-0.15, -0.1) is 0 Å². The lowest BCUT2D eigenvalue weighted by molar-refractivity contribution is -0.114. The summed E-state index contributed by atoms with van der Waals surface area (Å²) in [6.45, 7) is 0.120. The fourth-order valence-electron chi connectivity index (χ4n) is 4.54. The van der Waals surface area contributed by atoms with Crippen LogP contribution in [0.1, 0.15) is 40.2 Å². The predicted octanol–water partition coefficient (Wildman–Crippen LogP) is 3.93. The minimum absolute atomic E-state index is 0.00687. The van der Waals surface area contributed by atoms with Gasteiger partial charge in [0.05, 0.1) is 4.91 Å². The van der Waals surface area contributed by atoms with E-state index in [2.05, 4.69) is 10.8 Å². The van der Waals surface area contributed by atoms with Crippen molar-refractivity contribution >= 4 is 21.8 Å². The topological polar surface area (TPSA) is 95.9 Å². The lowest BCUT2D eigenvalue weighted by Crippen LogP contribution is -2.16. The normalized spacial score (nSPS) is 19.2. The predicted molar refractivity (Wildman–Crippen MR) is 126 cm³/mol. The zero-order valence-corrected chi connectivity index (χ0v) is 18.6. The number of hydrogen-bond donors (Lipinski definition) is 3. The van der Waals surface area contributed by atoms with Gasteiger partial charge in [-0.3, -0.25) is 9.52 Å². The second-order valence-corrected chi connectivity index (χ2v) is 9.34. The molecule has 1 aliphatic carbocycles. The Labute approximate surface area is 194 Å². The Bertz CT molecular complexity index is 1280. The Morgan fingerprint density at radius 3 is 2.61 bits per heavy atom. The first-order valence-corrected chi connectivity index (χ1v) is 12.0. The first kappa shape index (κ1) is 21.4. The minimum Gasteiger partial charge on any atom is -0.507 e. The number of rotatable bonds is 6. The lowest BCUT2D eigenvalue weighted by Gasteiger charge is -2.15. The summed E-state index contributed by atoms with van der Waals surface area (Å²) >= 11 is 0. The second kappa shape index (κ2) is 8.84. The largest absolute Gasteiger partial charge is 0.507 e. The van der Waals surface area contributed by atoms with Crippen LogP contribution in [0.2, 0.25) is 0 Å². The van der Waals surface area contributed by atoms with E-state index in [1.165, 1.54) is 6.08 Å². The van der Waals surface area contributed by atoms with Gasteiger partial charge in [0.15, 0.2) is 11.0 Å². The number of phenols is 1. The zero-order chi connectivity index (χ0) is 22.9. The molecule has 1 unspecified atom stereocenters. The fourth-order valence-corrected chi connectivity index (χ4v) is 5.48. The number of aromatic hydroxyl groups is 1. The summed E-state index contributed by atoms with van der Waals surface area (Å²) in [5.74, 6) is 1.26. The SMILES string of the molecule is O=C1C=C(c2ccc([C@H]3CCc4c(Oc5ccc(CCO)cc5)cccc43)cc2O)S(=O)N1. The van der Waals surface area contributed by atoms with Crippen LogP contribution in [0.15, 0.2) is 66.7 Å². The summed E-state index contributed by atoms with van der Waals surface area (Å²) in [6, 6.07) is 19.1. The number of carbonyl (C=O) groups excluding carboxylic acids is 1. The first-order valence-electron chi connectivity index (χ1n) is 10.8. The number of phenolic OH excluding ortho intramolecular Hbond substituents is 1. The van der Waals surface area contributed by atoms with E-state index in [9.17, 15) is 14.1 Å². The third-order valence-corrected chi connectivity index (χ3v) is 7.25. The third kappa shape index (κ3) is 4.17. The monoisotopic (exact) mass is 461 g/mol. The van der Waals surface area contributed by atoms with Crippen LogP contribution >= 0.6 is 0 Å². The van der Waals surface area contributed by atoms with Crippen molar-refractivity contribution in [2.45, 2.75) is 25.2 Å². The Balaban J connectivity index is 1.40. The van der Waals surface area contributed by atoms with Crippen molar-refractivity contribution in [2.75, 3.05) is 6.61 Å². The van der Waals surface area contributed by atoms with Crippen LogP contribution in [0.25, 0.3) is 4.91 Å². The molecule has 3 aromatic carbocycles. The molecule has 33 heavy (non-hydrogen) atoms. The van der Waals surface area contributed by atoms with E-state index in [-0.39, 0.29) is 23.2 Å². The molecule has 1 amide bonds. The second-order valence-electron chi connectivity index (χ2n) is 8.16. The molecule has 168 valence electrons. The number of benzene rings is 3. The molecule has 0 saturated heterocycles. The number of ether oxygens (including phenoxy) is 1. The smallest absolute Gasteiger partial charge is 0.257 e. The average Bonchev–Trinajstić information content (AvgIpc) is 3.38. The molecule has 3 aromatic rings. The highest BCUT2D eigenvalue weighted by Gasteiger charge is 2.29. The van der Waals surface area contributed by atoms with Crippen molar-refractivity contribution in [2.24, 2.45) is 0 Å². The quantitative estimate of drug-likeness (QED) is 0.517. The van der Waals surface area contributed by atoms with Gasteiger partial charge in [-0.25, -0.2) is 4.21 Å². The van der Waals surface area contributed by atoms with Crippen LogP contribution in [-0.2, 0) is 28.6 Å². The number of aliphatic hydroxyl groups excluding tert-OH is 1. The average molecular weight is 462 g/mol. The minimum atomic E-state index is -1.65. The molecule has 0 fully saturated rings. The van der Waals surface area contributed by atoms with E-state index >= 15 is 0 Å². The Kier molecular flexibility index (Phi) is 5.74. The van der Waals surface area contributed by atoms with Crippen molar-refractivity contribution in [1.82, 2.24) is 4.72 Å². The van der Waals surface area contributed by atoms with Crippen molar-refractivity contribution in [3.05, 3.63) is 94.6 Å². The van der Waals surface area contributed by atoms with Gasteiger partial charge in [-0.1, -0.05) is 30.3 Å². The van der Waals surface area contributed by atoms with Crippen LogP contribution in [0.5, 0.6) is 17.2 Å². The summed E-state index contributed by atoms with van der Waals surface area (Å²) in [4.78, 5) is 11.8. The Hall–Kier alpha value is -3.42. The molecule has 3 N–H and O–H groups in total. The number of aliphatic hydroxyl groups is 1. The van der Waals surface area contributed by atoms with Crippen LogP contribution in [0, 0.1) is 0 Å². The molecule has 6 nitrogen and oxygen atoms in total. The molecule has 0 aromatic heterocycles. The molecule has 0 bridgehead atoms. The number of amides is 1. The molecule has 2 atom stereocenters. The van der Waals surface area contributed by atoms with Crippen molar-refractivity contribution in [1.29, 1.82) is 0 Å². The highest BCUT2D eigenvalue weighted by atomic mass is 32.2. The number of carbonyl (C=O) groups is 1. The molecular weight excluding hydrogens is 438 g/mol. The maximum Gasteiger partial charge on any atom is 0.257 e. The summed E-state index contributed by atoms with van der Waals surface area (Å²) in [5, 5.41) is 19.7. The van der Waals surface area contributed by atoms with E-state index in [0.717, 1.165) is 46.6 Å². The maximum absolute atomic E-state index is 12.1. The molecule has 0 saturated carbocycles. The fraction of sp³-hybridized carbons (Fsp3) is 0.192. The van der Waals surface area contributed by atoms with Crippen LogP contribution in [-0.4, -0.2) is 26.9 Å². The Morgan fingerprint density at radius 2 is 1.91 bits per heavy atom. The summed E-state index contributed by atoms with van der Waals surface area (Å²) in [7, 11) is -1.65. The van der Waals surface area contributed by atoms with Crippen molar-refractivity contribution < 1.29 is 24.0 Å². The molecule has 0 radical (unpaired) electrons. The van der Waals surface area contributed by atoms with E-state index < -0.39 is 16.9 Å². The zero-order valence-electron chi connectivity index (χ0n) is 17.8. The van der Waals surface area contributed by atoms with E-state index in [0.29, 0.717) is 12.0 Å². The van der Waals surface area contributed by atoms with Gasteiger partial charge in [-0.05, 0) is 71.8 Å². The van der Waals surface area contributed by atoms with E-state index in [1.54, 1.807) is 12.1 Å². The van der Waals surface area contributed by atoms with Gasteiger partial charge in [-0.2, -0.15) is 0 Å². The van der Waals surface area contributed by atoms with Crippen LogP contribution in [0.3, 0.4) is 0 Å². The first-order chi connectivity index (χ1) is 16.0. The molecule has 0 spiro atoms. The summed E-state index contributed by atoms with van der Waals surface area (Å²) < 4.78 is 20.5. The number of fused-ring (bicyclic) bond motifs is 1. The van der Waals surface area contributed by atoms with Gasteiger partial charge >= 0.3 is 0 Å². The Morgan fingerprint density at radius 1 is 1.09 bits per heavy atom. The third-order valence-electron chi connectivity index (χ3n) is 6.12. The van der Waals surface area contributed by atoms with Gasteiger partial charge in [0.25, 0.3) is 5.91 Å². The summed E-state index contributed by atoms with van der Waals surface area (Å²) in [6.07, 6.45) is 3.62. The standard InChI is InChI=1S/C26H23NO5S/c28-13-12-16-4-7-18(8-5-16)32-24-3-1-2-20-19(10-11-21(20)24)17-6-9-22(23(29)14-17)25-15-26(30)27-33(25)31/h1-9,14-15,19,28-29H,10-13H2,(H,27,30)/t19-,33?/m1/s1. The molecule has 2 aliphatic rings. The highest BCUT2D eigenvalue weighted by molar-refractivity contribution is 7.94. The summed E-state index contributed by atoms with van der Waals surface area (Å²) in [5.41, 5.74) is 4.74. The molecule has 5 rings (SSSR count). The molecule has 1 aliphatic heterocycles. The highest BCUT2D eigenvalue weighted by Crippen LogP contribution is 2.44. The van der Waals surface area contributed by atoms with Gasteiger partial charge in [0.1, 0.15) is 17.2 Å². The van der Waals surface area contributed by atoms with E-state index in [4.69, 9.17) is 9.84 Å². The van der Waals surface area contributed by atoms with Crippen molar-refractivity contribution in [3.63, 3.8) is 0 Å². The maximum atomic E-state index is 12.1. The molecule has 1 heterocycles. The number of nitrogens with one attached hydrogen (secondary N) is 1. The lowest BCUT2D eigenvalue weighted by atomic mass is 9.92. The molecule has 7 heteroatoms. The van der Waals surface area contributed by atoms with Gasteiger partial charge in [0.2, 0.25) is 0 Å². The number of hydrogen-bond acceptors (Lipinski definition) is 5. The van der Waals surface area contributed by atoms with Crippen molar-refractivity contribution in [3.8, 4) is 17.2 Å². The van der Waals surface area contributed by atoms with E-state index in [1.807, 2.05) is 42.5 Å². The van der Waals surface area contributed by atoms with Gasteiger partial charge < -0.3 is 14.9 Å². The van der Waals surface area contributed by atoms with Gasteiger partial charge in [0, 0.05) is 24.2 Å².